The van der Waals surface area contributed by atoms with Crippen LogP contribution < -0.4 is 16.4 Å². The SMILES string of the molecule is CC(C)(C)OC(=O)NCc1cccc(NC(=O)c2nc(-c3ccc(S(=O)(=O)C(C)(C)CC(CCCCCCO)PI)cc3)cnc2N)c1O. The van der Waals surface area contributed by atoms with Crippen molar-refractivity contribution in [3.8, 4) is 17.0 Å². The molecule has 0 fully saturated rings. The zero-order chi connectivity index (χ0) is 36.4. The average molecular weight is 828 g/mol. The maximum Gasteiger partial charge on any atom is 0.407 e. The first-order chi connectivity index (χ1) is 23.0. The molecular weight excluding hydrogens is 780 g/mol. The Morgan fingerprint density at radius 3 is 2.35 bits per heavy atom. The second-order valence-corrected chi connectivity index (χ2v) is 18.8. The number of carbonyl (C=O) groups excluding carboxylic acids is 2. The first kappa shape index (κ1) is 40.4. The van der Waals surface area contributed by atoms with Gasteiger partial charge in [-0.3, -0.25) is 4.79 Å². The van der Waals surface area contributed by atoms with Gasteiger partial charge in [-0.05, 0) is 77.7 Å². The monoisotopic (exact) mass is 827 g/mol. The van der Waals surface area contributed by atoms with Crippen LogP contribution in [-0.4, -0.2) is 63.2 Å². The smallest absolute Gasteiger partial charge is 0.407 e. The Hall–Kier alpha value is -3.07. The molecule has 0 radical (unpaired) electrons. The van der Waals surface area contributed by atoms with Gasteiger partial charge in [0.25, 0.3) is 5.91 Å². The molecule has 15 heteroatoms. The van der Waals surface area contributed by atoms with E-state index in [1.165, 1.54) is 24.4 Å². The predicted molar refractivity (Wildman–Crippen MR) is 203 cm³/mol. The largest absolute Gasteiger partial charge is 0.505 e. The molecule has 2 amide bonds. The molecule has 2 unspecified atom stereocenters. The third kappa shape index (κ3) is 11.5. The van der Waals surface area contributed by atoms with Crippen LogP contribution in [0.4, 0.5) is 16.3 Å². The number of amides is 2. The lowest BCUT2D eigenvalue weighted by Crippen LogP contribution is -2.34. The fraction of sp³-hybridized carbons (Fsp3) is 0.471. The summed E-state index contributed by atoms with van der Waals surface area (Å²) in [6.07, 6.45) is 6.62. The Morgan fingerprint density at radius 1 is 1.04 bits per heavy atom. The molecule has 12 nitrogen and oxygen atoms in total. The zero-order valence-electron chi connectivity index (χ0n) is 28.5. The second-order valence-electron chi connectivity index (χ2n) is 13.3. The number of benzene rings is 2. The minimum atomic E-state index is -3.68. The zero-order valence-corrected chi connectivity index (χ0v) is 32.5. The molecule has 1 heterocycles. The summed E-state index contributed by atoms with van der Waals surface area (Å²) in [6, 6.07) is 11.0. The van der Waals surface area contributed by atoms with Crippen LogP contribution in [0.15, 0.2) is 53.6 Å². The second kappa shape index (κ2) is 17.7. The van der Waals surface area contributed by atoms with Crippen molar-refractivity contribution in [2.75, 3.05) is 17.7 Å². The lowest BCUT2D eigenvalue weighted by molar-refractivity contribution is 0.0523. The van der Waals surface area contributed by atoms with Crippen molar-refractivity contribution in [1.82, 2.24) is 15.3 Å². The van der Waals surface area contributed by atoms with Crippen LogP contribution in [0.1, 0.15) is 89.2 Å². The number of para-hydroxylation sites is 1. The topological polar surface area (TPSA) is 194 Å². The molecule has 6 N–H and O–H groups in total. The number of unbranched alkanes of at least 4 members (excludes halogenated alkanes) is 3. The van der Waals surface area contributed by atoms with Gasteiger partial charge in [-0.15, -0.1) is 0 Å². The van der Waals surface area contributed by atoms with E-state index in [0.29, 0.717) is 29.5 Å². The number of hydrogen-bond acceptors (Lipinski definition) is 10. The van der Waals surface area contributed by atoms with Gasteiger partial charge in [0.2, 0.25) is 0 Å². The summed E-state index contributed by atoms with van der Waals surface area (Å²) in [5, 5.41) is 24.9. The minimum absolute atomic E-state index is 0.0455. The number of aliphatic hydroxyl groups is 1. The van der Waals surface area contributed by atoms with Crippen LogP contribution in [0.5, 0.6) is 5.75 Å². The number of carbonyl (C=O) groups is 2. The molecule has 0 aliphatic heterocycles. The van der Waals surface area contributed by atoms with Gasteiger partial charge in [0.1, 0.15) is 11.4 Å². The molecular formula is C34H47IN5O7PS. The summed E-state index contributed by atoms with van der Waals surface area (Å²) in [6.45, 7) is 8.90. The Labute approximate surface area is 303 Å². The molecule has 0 aliphatic rings. The van der Waals surface area contributed by atoms with Gasteiger partial charge in [-0.25, -0.2) is 23.2 Å². The number of aromatic nitrogens is 2. The van der Waals surface area contributed by atoms with E-state index in [4.69, 9.17) is 15.6 Å². The summed E-state index contributed by atoms with van der Waals surface area (Å²) < 4.78 is 31.7. The number of hydrogen-bond donors (Lipinski definition) is 5. The molecule has 0 aliphatic carbocycles. The van der Waals surface area contributed by atoms with E-state index >= 15 is 0 Å². The lowest BCUT2D eigenvalue weighted by atomic mass is 10.0. The molecule has 0 bridgehead atoms. The van der Waals surface area contributed by atoms with Gasteiger partial charge >= 0.3 is 6.09 Å². The van der Waals surface area contributed by atoms with Gasteiger partial charge in [0, 0.05) is 24.3 Å². The highest BCUT2D eigenvalue weighted by Gasteiger charge is 2.37. The summed E-state index contributed by atoms with van der Waals surface area (Å²) in [4.78, 5) is 34.0. The van der Waals surface area contributed by atoms with E-state index < -0.39 is 32.2 Å². The average Bonchev–Trinajstić information content (AvgIpc) is 3.03. The number of sulfone groups is 1. The fourth-order valence-electron chi connectivity index (χ4n) is 5.08. The minimum Gasteiger partial charge on any atom is -0.505 e. The van der Waals surface area contributed by atoms with Crippen LogP contribution in [0.25, 0.3) is 11.3 Å². The van der Waals surface area contributed by atoms with Crippen molar-refractivity contribution in [2.24, 2.45) is 0 Å². The first-order valence-electron chi connectivity index (χ1n) is 16.0. The quantitative estimate of drug-likeness (QED) is 0.0435. The summed E-state index contributed by atoms with van der Waals surface area (Å²) in [5.41, 5.74) is 6.67. The molecule has 49 heavy (non-hydrogen) atoms. The summed E-state index contributed by atoms with van der Waals surface area (Å²) in [5.74, 6) is -1.11. The number of aromatic hydroxyl groups is 1. The van der Waals surface area contributed by atoms with Gasteiger partial charge in [0.15, 0.2) is 21.3 Å². The van der Waals surface area contributed by atoms with Crippen molar-refractivity contribution < 1.29 is 33.0 Å². The summed E-state index contributed by atoms with van der Waals surface area (Å²) >= 11 is 2.35. The maximum absolute atomic E-state index is 13.7. The number of phenolic OH excluding ortho intramolecular Hbond substituents is 1. The number of aliphatic hydroxyl groups excluding tert-OH is 1. The van der Waals surface area contributed by atoms with Crippen LogP contribution in [0.2, 0.25) is 0 Å². The van der Waals surface area contributed by atoms with E-state index in [9.17, 15) is 23.1 Å². The van der Waals surface area contributed by atoms with Crippen molar-refractivity contribution in [3.05, 3.63) is 59.9 Å². The third-order valence-corrected chi connectivity index (χ3v) is 13.7. The number of nitrogen functional groups attached to an aromatic ring is 1. The Balaban J connectivity index is 1.73. The highest BCUT2D eigenvalue weighted by atomic mass is 127. The van der Waals surface area contributed by atoms with E-state index in [-0.39, 0.29) is 46.7 Å². The lowest BCUT2D eigenvalue weighted by Gasteiger charge is -2.29. The number of alkyl carbamates (subject to hydrolysis) is 1. The van der Waals surface area contributed by atoms with E-state index in [0.717, 1.165) is 32.1 Å². The van der Waals surface area contributed by atoms with Gasteiger partial charge in [-0.2, -0.15) is 0 Å². The normalized spacial score (nSPS) is 13.0. The summed E-state index contributed by atoms with van der Waals surface area (Å²) in [7, 11) is -3.68. The molecule has 0 saturated carbocycles. The maximum atomic E-state index is 13.7. The highest BCUT2D eigenvalue weighted by Crippen LogP contribution is 2.41. The Kier molecular flexibility index (Phi) is 14.6. The van der Waals surface area contributed by atoms with E-state index in [1.807, 2.05) is 0 Å². The van der Waals surface area contributed by atoms with Crippen molar-refractivity contribution >= 4 is 61.6 Å². The van der Waals surface area contributed by atoms with Crippen molar-refractivity contribution in [1.29, 1.82) is 0 Å². The molecule has 0 saturated heterocycles. The molecule has 268 valence electrons. The number of nitrogens with zero attached hydrogens (tertiary/aromatic N) is 2. The number of nitrogens with one attached hydrogen (secondary N) is 2. The standard InChI is InChI=1S/C34H47IN5O7PS/c1-33(2,3)47-32(44)38-20-23-11-10-13-26(29(23)42)40-31(43)28-30(36)37-21-27(39-28)22-14-16-25(17-15-22)49(45,46)34(4,5)19-24(48-35)12-8-6-7-9-18-41/h10-11,13-17,21,24,41-42,48H,6-9,12,18-20H2,1-5H3,(H2,36,37)(H,38,44)(H,40,43). The van der Waals surface area contributed by atoms with Crippen LogP contribution in [0.3, 0.4) is 0 Å². The Bertz CT molecular complexity index is 1700. The number of rotatable bonds is 16. The Morgan fingerprint density at radius 2 is 1.71 bits per heavy atom. The third-order valence-electron chi connectivity index (χ3n) is 7.75. The molecule has 3 aromatic rings. The van der Waals surface area contributed by atoms with E-state index in [2.05, 4.69) is 42.6 Å². The van der Waals surface area contributed by atoms with Gasteiger partial charge < -0.3 is 31.3 Å². The van der Waals surface area contributed by atoms with Crippen LogP contribution in [0, 0.1) is 0 Å². The number of nitrogens with two attached hydrogens (primary N) is 1. The number of anilines is 2. The van der Waals surface area contributed by atoms with Crippen LogP contribution in [-0.2, 0) is 21.1 Å². The van der Waals surface area contributed by atoms with Crippen molar-refractivity contribution in [2.45, 2.75) is 101 Å². The van der Waals surface area contributed by atoms with Gasteiger partial charge in [-0.1, -0.05) is 71.8 Å². The predicted octanol–water partition coefficient (Wildman–Crippen LogP) is 6.99. The van der Waals surface area contributed by atoms with Gasteiger partial charge in [0.05, 0.1) is 27.2 Å². The van der Waals surface area contributed by atoms with Crippen LogP contribution >= 0.6 is 28.3 Å². The van der Waals surface area contributed by atoms with E-state index in [1.54, 1.807) is 58.9 Å². The number of halogens is 1. The number of phenols is 1. The highest BCUT2D eigenvalue weighted by molar-refractivity contribution is 14.2. The fourth-order valence-corrected chi connectivity index (χ4v) is 9.28. The molecule has 2 aromatic carbocycles. The molecule has 1 aromatic heterocycles. The molecule has 2 atom stereocenters. The molecule has 0 spiro atoms. The number of ether oxygens (including phenoxy) is 1. The van der Waals surface area contributed by atoms with Crippen molar-refractivity contribution in [3.63, 3.8) is 0 Å². The first-order valence-corrected chi connectivity index (χ1v) is 21.7. The molecule has 3 rings (SSSR count).